The number of rotatable bonds is 6. The maximum atomic E-state index is 12.3. The predicted molar refractivity (Wildman–Crippen MR) is 85.6 cm³/mol. The van der Waals surface area contributed by atoms with Gasteiger partial charge in [0.05, 0.1) is 25.3 Å². The van der Waals surface area contributed by atoms with Crippen molar-refractivity contribution in [3.8, 4) is 17.2 Å². The van der Waals surface area contributed by atoms with E-state index in [4.69, 9.17) is 14.2 Å². The average Bonchev–Trinajstić information content (AvgIpc) is 2.61. The van der Waals surface area contributed by atoms with Crippen molar-refractivity contribution < 1.29 is 23.8 Å². The quantitative estimate of drug-likeness (QED) is 0.464. The van der Waals surface area contributed by atoms with Gasteiger partial charge in [0.15, 0.2) is 17.3 Å². The highest BCUT2D eigenvalue weighted by Gasteiger charge is 2.21. The summed E-state index contributed by atoms with van der Waals surface area (Å²) in [5.41, 5.74) is 0.647. The molecule has 0 bridgehead atoms. The number of ketones is 1. The van der Waals surface area contributed by atoms with Crippen molar-refractivity contribution in [1.82, 2.24) is 0 Å². The van der Waals surface area contributed by atoms with Gasteiger partial charge in [0.25, 0.3) is 0 Å². The lowest BCUT2D eigenvalue weighted by Gasteiger charge is -2.14. The molecule has 2 aromatic carbocycles. The first-order valence-electron chi connectivity index (χ1n) is 7.17. The van der Waals surface area contributed by atoms with E-state index in [-0.39, 0.29) is 29.3 Å². The molecule has 0 aromatic heterocycles. The number of ether oxygens (including phenoxy) is 3. The Balaban J connectivity index is 2.47. The number of methoxy groups -OCH3 is 2. The summed E-state index contributed by atoms with van der Waals surface area (Å²) in [7, 11) is 2.93. The minimum absolute atomic E-state index is 0.106. The molecule has 0 aliphatic rings. The molecule has 120 valence electrons. The summed E-state index contributed by atoms with van der Waals surface area (Å²) in [6.07, 6.45) is 0.270. The van der Waals surface area contributed by atoms with Gasteiger partial charge in [-0.2, -0.15) is 0 Å². The van der Waals surface area contributed by atoms with Gasteiger partial charge in [-0.25, -0.2) is 4.79 Å². The molecule has 2 aromatic rings. The lowest BCUT2D eigenvalue weighted by molar-refractivity contribution is 0.0727. The van der Waals surface area contributed by atoms with Gasteiger partial charge >= 0.3 is 5.97 Å². The molecule has 0 aliphatic heterocycles. The molecule has 0 heterocycles. The van der Waals surface area contributed by atoms with Crippen molar-refractivity contribution in [2.24, 2.45) is 0 Å². The van der Waals surface area contributed by atoms with Crippen LogP contribution in [-0.2, 0) is 0 Å². The highest BCUT2D eigenvalue weighted by Crippen LogP contribution is 2.37. The fourth-order valence-electron chi connectivity index (χ4n) is 2.08. The van der Waals surface area contributed by atoms with Crippen molar-refractivity contribution in [3.05, 3.63) is 53.6 Å². The molecule has 0 saturated heterocycles. The van der Waals surface area contributed by atoms with E-state index in [1.165, 1.54) is 14.2 Å². The molecule has 0 spiro atoms. The molecule has 23 heavy (non-hydrogen) atoms. The van der Waals surface area contributed by atoms with Crippen molar-refractivity contribution in [2.75, 3.05) is 14.2 Å². The van der Waals surface area contributed by atoms with Crippen LogP contribution in [0.2, 0.25) is 0 Å². The Kier molecular flexibility index (Phi) is 5.36. The lowest BCUT2D eigenvalue weighted by Crippen LogP contribution is -2.12. The van der Waals surface area contributed by atoms with Gasteiger partial charge < -0.3 is 14.2 Å². The molecule has 0 fully saturated rings. The van der Waals surface area contributed by atoms with E-state index in [1.807, 2.05) is 0 Å². The number of Topliss-reactive ketones (excluding diaryl/α,β-unsaturated/α-hetero) is 1. The molecular formula is C18H18O5. The molecule has 2 rings (SSSR count). The zero-order valence-corrected chi connectivity index (χ0v) is 13.3. The number of hydrogen-bond acceptors (Lipinski definition) is 5. The van der Waals surface area contributed by atoms with Gasteiger partial charge in [-0.3, -0.25) is 4.79 Å². The lowest BCUT2D eigenvalue weighted by atomic mass is 10.1. The Morgan fingerprint density at radius 2 is 1.70 bits per heavy atom. The summed E-state index contributed by atoms with van der Waals surface area (Å²) in [5.74, 6) is 0.106. The van der Waals surface area contributed by atoms with Crippen LogP contribution < -0.4 is 14.2 Å². The maximum Gasteiger partial charge on any atom is 0.343 e. The Morgan fingerprint density at radius 3 is 2.26 bits per heavy atom. The monoisotopic (exact) mass is 314 g/mol. The van der Waals surface area contributed by atoms with E-state index in [2.05, 4.69) is 0 Å². The van der Waals surface area contributed by atoms with Gasteiger partial charge in [0.2, 0.25) is 0 Å². The average molecular weight is 314 g/mol. The Hall–Kier alpha value is -2.82. The third kappa shape index (κ3) is 3.69. The smallest absolute Gasteiger partial charge is 0.343 e. The van der Waals surface area contributed by atoms with Crippen LogP contribution in [0.3, 0.4) is 0 Å². The second-order valence-electron chi connectivity index (χ2n) is 4.74. The zero-order valence-electron chi connectivity index (χ0n) is 13.3. The van der Waals surface area contributed by atoms with E-state index >= 15 is 0 Å². The molecule has 5 heteroatoms. The molecule has 5 nitrogen and oxygen atoms in total. The summed E-state index contributed by atoms with van der Waals surface area (Å²) in [4.78, 5) is 24.5. The van der Waals surface area contributed by atoms with E-state index in [0.29, 0.717) is 11.3 Å². The maximum absolute atomic E-state index is 12.3. The highest BCUT2D eigenvalue weighted by atomic mass is 16.6. The highest BCUT2D eigenvalue weighted by molar-refractivity contribution is 6.01. The van der Waals surface area contributed by atoms with Gasteiger partial charge in [-0.15, -0.1) is 0 Å². The minimum atomic E-state index is -0.556. The van der Waals surface area contributed by atoms with Crippen LogP contribution in [0, 0.1) is 0 Å². The normalized spacial score (nSPS) is 10.0. The van der Waals surface area contributed by atoms with Gasteiger partial charge in [-0.05, 0) is 18.2 Å². The van der Waals surface area contributed by atoms with E-state index in [1.54, 1.807) is 49.4 Å². The number of carbonyl (C=O) groups excluding carboxylic acids is 2. The van der Waals surface area contributed by atoms with Crippen molar-refractivity contribution >= 4 is 11.8 Å². The molecule has 0 aliphatic carbocycles. The fourth-order valence-corrected chi connectivity index (χ4v) is 2.08. The van der Waals surface area contributed by atoms with Crippen LogP contribution >= 0.6 is 0 Å². The second kappa shape index (κ2) is 7.45. The first-order chi connectivity index (χ1) is 11.1. The standard InChI is InChI=1S/C18H18O5/c1-4-15(19)14-10-13(21-2)11-16(22-3)17(14)23-18(20)12-8-6-5-7-9-12/h5-11H,4H2,1-3H3. The predicted octanol–water partition coefficient (Wildman–Crippen LogP) is 3.52. The minimum Gasteiger partial charge on any atom is -0.497 e. The van der Waals surface area contributed by atoms with E-state index in [0.717, 1.165) is 0 Å². The fraction of sp³-hybridized carbons (Fsp3) is 0.222. The van der Waals surface area contributed by atoms with Crippen molar-refractivity contribution in [1.29, 1.82) is 0 Å². The summed E-state index contributed by atoms with van der Waals surface area (Å²) < 4.78 is 15.9. The summed E-state index contributed by atoms with van der Waals surface area (Å²) in [6.45, 7) is 1.73. The van der Waals surface area contributed by atoms with Crippen LogP contribution in [0.15, 0.2) is 42.5 Å². The zero-order chi connectivity index (χ0) is 16.8. The molecule has 0 N–H and O–H groups in total. The summed E-state index contributed by atoms with van der Waals surface area (Å²) in [5, 5.41) is 0. The number of hydrogen-bond donors (Lipinski definition) is 0. The Bertz CT molecular complexity index is 707. The van der Waals surface area contributed by atoms with Crippen LogP contribution in [0.1, 0.15) is 34.1 Å². The van der Waals surface area contributed by atoms with Crippen LogP contribution in [0.5, 0.6) is 17.2 Å². The third-order valence-corrected chi connectivity index (χ3v) is 3.31. The third-order valence-electron chi connectivity index (χ3n) is 3.31. The second-order valence-corrected chi connectivity index (χ2v) is 4.74. The number of esters is 1. The van der Waals surface area contributed by atoms with Crippen LogP contribution in [0.25, 0.3) is 0 Å². The molecule has 0 radical (unpaired) electrons. The van der Waals surface area contributed by atoms with Gasteiger partial charge in [0.1, 0.15) is 5.75 Å². The largest absolute Gasteiger partial charge is 0.497 e. The SMILES string of the molecule is CCC(=O)c1cc(OC)cc(OC)c1OC(=O)c1ccccc1. The van der Waals surface area contributed by atoms with Crippen molar-refractivity contribution in [3.63, 3.8) is 0 Å². The summed E-state index contributed by atoms with van der Waals surface area (Å²) in [6, 6.07) is 11.7. The Morgan fingerprint density at radius 1 is 1.00 bits per heavy atom. The number of carbonyl (C=O) groups is 2. The van der Waals surface area contributed by atoms with Gasteiger partial charge in [-0.1, -0.05) is 25.1 Å². The van der Waals surface area contributed by atoms with E-state index < -0.39 is 5.97 Å². The van der Waals surface area contributed by atoms with Crippen molar-refractivity contribution in [2.45, 2.75) is 13.3 Å². The molecule has 0 amide bonds. The first kappa shape index (κ1) is 16.5. The molecule has 0 unspecified atom stereocenters. The van der Waals surface area contributed by atoms with Gasteiger partial charge in [0, 0.05) is 12.5 Å². The summed E-state index contributed by atoms with van der Waals surface area (Å²) >= 11 is 0. The molecule has 0 saturated carbocycles. The van der Waals surface area contributed by atoms with Crippen LogP contribution in [-0.4, -0.2) is 26.0 Å². The molecule has 0 atom stereocenters. The number of benzene rings is 2. The van der Waals surface area contributed by atoms with Crippen LogP contribution in [0.4, 0.5) is 0 Å². The first-order valence-corrected chi connectivity index (χ1v) is 7.17. The topological polar surface area (TPSA) is 61.8 Å². The Labute approximate surface area is 134 Å². The van der Waals surface area contributed by atoms with E-state index in [9.17, 15) is 9.59 Å². The molecular weight excluding hydrogens is 296 g/mol.